The lowest BCUT2D eigenvalue weighted by Crippen LogP contribution is -2.08. The second-order valence-electron chi connectivity index (χ2n) is 6.82. The number of aryl methyl sites for hydroxylation is 4. The van der Waals surface area contributed by atoms with Gasteiger partial charge in [0, 0.05) is 34.3 Å². The summed E-state index contributed by atoms with van der Waals surface area (Å²) < 4.78 is 5.49. The van der Waals surface area contributed by atoms with Crippen LogP contribution < -0.4 is 5.63 Å². The maximum atomic E-state index is 12.6. The third-order valence-electron chi connectivity index (χ3n) is 4.51. The van der Waals surface area contributed by atoms with Crippen LogP contribution in [0.15, 0.2) is 56.6 Å². The summed E-state index contributed by atoms with van der Waals surface area (Å²) in [6.07, 6.45) is 6.16. The fraction of sp³-hybridized carbons (Fsp3) is 0.208. The Morgan fingerprint density at radius 1 is 1.04 bits per heavy atom. The molecule has 0 fully saturated rings. The van der Waals surface area contributed by atoms with Crippen molar-refractivity contribution >= 4 is 11.8 Å². The molecule has 0 spiro atoms. The summed E-state index contributed by atoms with van der Waals surface area (Å²) in [5, 5.41) is 10.6. The van der Waals surface area contributed by atoms with Crippen LogP contribution in [-0.2, 0) is 6.42 Å². The lowest BCUT2D eigenvalue weighted by molar-refractivity contribution is 0.430. The van der Waals surface area contributed by atoms with Crippen LogP contribution in [0, 0.1) is 33.1 Å². The molecule has 0 atom stereocenters. The molecule has 3 rings (SSSR count). The van der Waals surface area contributed by atoms with Crippen LogP contribution in [0.4, 0.5) is 0 Å². The monoisotopic (exact) mass is 390 g/mol. The molecule has 28 heavy (non-hydrogen) atoms. The van der Waals surface area contributed by atoms with Gasteiger partial charge in [0.2, 0.25) is 0 Å². The van der Waals surface area contributed by atoms with E-state index in [0.717, 1.165) is 21.8 Å². The van der Waals surface area contributed by atoms with Crippen LogP contribution in [0.5, 0.6) is 5.75 Å². The summed E-state index contributed by atoms with van der Waals surface area (Å²) in [6.45, 7) is 5.86. The van der Waals surface area contributed by atoms with E-state index < -0.39 is 5.63 Å². The molecule has 0 amide bonds. The van der Waals surface area contributed by atoms with Crippen molar-refractivity contribution in [1.29, 1.82) is 0 Å². The van der Waals surface area contributed by atoms with Crippen molar-refractivity contribution < 1.29 is 9.52 Å². The minimum Gasteiger partial charge on any atom is -0.507 e. The van der Waals surface area contributed by atoms with Crippen LogP contribution in [0.2, 0.25) is 0 Å². The van der Waals surface area contributed by atoms with Crippen molar-refractivity contribution in [2.24, 2.45) is 0 Å². The molecule has 1 aromatic heterocycles. The highest BCUT2D eigenvalue weighted by atomic mass is 32.2. The fourth-order valence-electron chi connectivity index (χ4n) is 3.20. The summed E-state index contributed by atoms with van der Waals surface area (Å²) in [6, 6.07) is 13.5. The first-order valence-corrected chi connectivity index (χ1v) is 10.0. The second-order valence-corrected chi connectivity index (χ2v) is 7.99. The Morgan fingerprint density at radius 2 is 1.75 bits per heavy atom. The topological polar surface area (TPSA) is 50.4 Å². The molecule has 0 bridgehead atoms. The van der Waals surface area contributed by atoms with E-state index in [1.807, 2.05) is 26.0 Å². The highest BCUT2D eigenvalue weighted by molar-refractivity contribution is 7.99. The average Bonchev–Trinajstić information content (AvgIpc) is 2.64. The third kappa shape index (κ3) is 4.32. The van der Waals surface area contributed by atoms with Crippen molar-refractivity contribution in [3.05, 3.63) is 80.9 Å². The van der Waals surface area contributed by atoms with E-state index >= 15 is 0 Å². The van der Waals surface area contributed by atoms with Crippen LogP contribution in [0.3, 0.4) is 0 Å². The first kappa shape index (κ1) is 19.9. The number of benzene rings is 2. The van der Waals surface area contributed by atoms with E-state index in [4.69, 9.17) is 10.8 Å². The highest BCUT2D eigenvalue weighted by Gasteiger charge is 2.18. The lowest BCUT2D eigenvalue weighted by Gasteiger charge is -2.12. The Bertz CT molecular complexity index is 1100. The zero-order valence-corrected chi connectivity index (χ0v) is 17.0. The molecule has 0 aliphatic rings. The van der Waals surface area contributed by atoms with Crippen LogP contribution in [0.1, 0.15) is 28.0 Å². The third-order valence-corrected chi connectivity index (χ3v) is 5.52. The number of aromatic hydroxyl groups is 1. The Morgan fingerprint density at radius 3 is 2.39 bits per heavy atom. The Labute approximate surface area is 169 Å². The molecule has 3 nitrogen and oxygen atoms in total. The van der Waals surface area contributed by atoms with Gasteiger partial charge in [-0.05, 0) is 50.1 Å². The zero-order valence-electron chi connectivity index (χ0n) is 16.2. The number of rotatable bonds is 5. The van der Waals surface area contributed by atoms with Gasteiger partial charge in [-0.15, -0.1) is 18.2 Å². The molecule has 4 heteroatoms. The molecule has 142 valence electrons. The van der Waals surface area contributed by atoms with Gasteiger partial charge in [-0.3, -0.25) is 0 Å². The van der Waals surface area contributed by atoms with Gasteiger partial charge in [-0.2, -0.15) is 0 Å². The van der Waals surface area contributed by atoms with Gasteiger partial charge in [-0.1, -0.05) is 29.7 Å². The summed E-state index contributed by atoms with van der Waals surface area (Å²) in [4.78, 5) is 13.8. The number of terminal acetylenes is 1. The predicted octanol–water partition coefficient (Wildman–Crippen LogP) is 5.25. The minimum atomic E-state index is -0.571. The standard InChI is InChI=1S/C24H22O3S/c1-5-18-13-16(3)12-17(4)22(18)23-21(25)14-19(27-24(23)26)10-11-28-20-8-6-15(2)7-9-20/h1,6-9,12-14,25H,10-11H2,2-4H3. The molecule has 0 unspecified atom stereocenters. The van der Waals surface area contributed by atoms with Crippen LogP contribution in [0.25, 0.3) is 11.1 Å². The quantitative estimate of drug-likeness (QED) is 0.477. The summed E-state index contributed by atoms with van der Waals surface area (Å²) in [5.41, 5.74) is 3.73. The first-order chi connectivity index (χ1) is 13.4. The average molecular weight is 391 g/mol. The van der Waals surface area contributed by atoms with Gasteiger partial charge in [0.15, 0.2) is 0 Å². The van der Waals surface area contributed by atoms with Gasteiger partial charge >= 0.3 is 5.63 Å². The van der Waals surface area contributed by atoms with Gasteiger partial charge in [0.25, 0.3) is 0 Å². The Hall–Kier alpha value is -2.90. The maximum Gasteiger partial charge on any atom is 0.347 e. The zero-order chi connectivity index (χ0) is 20.3. The first-order valence-electron chi connectivity index (χ1n) is 9.02. The van der Waals surface area contributed by atoms with E-state index in [2.05, 4.69) is 37.1 Å². The van der Waals surface area contributed by atoms with E-state index in [1.54, 1.807) is 11.8 Å². The molecule has 3 aromatic rings. The summed E-state index contributed by atoms with van der Waals surface area (Å²) in [5.74, 6) is 3.70. The number of hydrogen-bond acceptors (Lipinski definition) is 4. The van der Waals surface area contributed by atoms with E-state index in [9.17, 15) is 9.90 Å². The fourth-order valence-corrected chi connectivity index (χ4v) is 4.07. The predicted molar refractivity (Wildman–Crippen MR) is 115 cm³/mol. The SMILES string of the molecule is C#Cc1cc(C)cc(C)c1-c1c(O)cc(CCSc2ccc(C)cc2)oc1=O. The van der Waals surface area contributed by atoms with Crippen molar-refractivity contribution in [1.82, 2.24) is 0 Å². The molecular formula is C24H22O3S. The van der Waals surface area contributed by atoms with Gasteiger partial charge in [0.1, 0.15) is 17.1 Å². The van der Waals surface area contributed by atoms with Gasteiger partial charge in [-0.25, -0.2) is 4.79 Å². The van der Waals surface area contributed by atoms with E-state index in [-0.39, 0.29) is 11.3 Å². The Balaban J connectivity index is 1.85. The van der Waals surface area contributed by atoms with Crippen molar-refractivity contribution in [3.8, 4) is 29.2 Å². The van der Waals surface area contributed by atoms with Crippen molar-refractivity contribution in [3.63, 3.8) is 0 Å². The molecule has 0 saturated carbocycles. The largest absolute Gasteiger partial charge is 0.507 e. The Kier molecular flexibility index (Phi) is 5.96. The lowest BCUT2D eigenvalue weighted by atomic mass is 9.93. The van der Waals surface area contributed by atoms with Crippen molar-refractivity contribution in [2.45, 2.75) is 32.1 Å². The molecule has 0 aliphatic carbocycles. The van der Waals surface area contributed by atoms with Gasteiger partial charge in [0.05, 0.1) is 0 Å². The molecule has 0 saturated heterocycles. The molecule has 0 aliphatic heterocycles. The molecule has 1 heterocycles. The second kappa shape index (κ2) is 8.41. The highest BCUT2D eigenvalue weighted by Crippen LogP contribution is 2.33. The van der Waals surface area contributed by atoms with E-state index in [1.165, 1.54) is 11.6 Å². The maximum absolute atomic E-state index is 12.6. The van der Waals surface area contributed by atoms with Crippen LogP contribution >= 0.6 is 11.8 Å². The van der Waals surface area contributed by atoms with Crippen LogP contribution in [-0.4, -0.2) is 10.9 Å². The van der Waals surface area contributed by atoms with E-state index in [0.29, 0.717) is 23.3 Å². The molecule has 2 aromatic carbocycles. The summed E-state index contributed by atoms with van der Waals surface area (Å²) in [7, 11) is 0. The molecule has 0 radical (unpaired) electrons. The van der Waals surface area contributed by atoms with Crippen molar-refractivity contribution in [2.75, 3.05) is 5.75 Å². The molecule has 1 N–H and O–H groups in total. The number of hydrogen-bond donors (Lipinski definition) is 1. The number of thioether (sulfide) groups is 1. The molecular weight excluding hydrogens is 368 g/mol. The minimum absolute atomic E-state index is 0.102. The normalized spacial score (nSPS) is 10.6. The smallest absolute Gasteiger partial charge is 0.347 e. The van der Waals surface area contributed by atoms with Gasteiger partial charge < -0.3 is 9.52 Å². The summed E-state index contributed by atoms with van der Waals surface area (Å²) >= 11 is 1.68.